The molecule has 0 aromatic heterocycles. The summed E-state index contributed by atoms with van der Waals surface area (Å²) in [5, 5.41) is 3.88. The van der Waals surface area contributed by atoms with E-state index in [0.717, 1.165) is 37.6 Å². The molecule has 0 spiro atoms. The third kappa shape index (κ3) is 4.81. The number of methoxy groups -OCH3 is 1. The predicted molar refractivity (Wildman–Crippen MR) is 106 cm³/mol. The summed E-state index contributed by atoms with van der Waals surface area (Å²) in [6, 6.07) is 13.1. The lowest BCUT2D eigenvalue weighted by atomic mass is 10.2. The molecule has 138 valence electrons. The highest BCUT2D eigenvalue weighted by Crippen LogP contribution is 2.25. The van der Waals surface area contributed by atoms with Gasteiger partial charge in [0.2, 0.25) is 0 Å². The minimum Gasteiger partial charge on any atom is -0.497 e. The van der Waals surface area contributed by atoms with E-state index < -0.39 is 0 Å². The molecular formula is C19H22Cl2N3O2+. The van der Waals surface area contributed by atoms with E-state index in [1.165, 1.54) is 4.90 Å². The number of anilines is 2. The number of nitrogens with zero attached hydrogens (tertiary/aromatic N) is 1. The second-order valence-corrected chi connectivity index (χ2v) is 7.13. The van der Waals surface area contributed by atoms with Crippen molar-refractivity contribution in [3.8, 4) is 5.75 Å². The molecule has 1 fully saturated rings. The first-order valence-corrected chi connectivity index (χ1v) is 9.28. The molecule has 3 rings (SSSR count). The van der Waals surface area contributed by atoms with Crippen molar-refractivity contribution in [1.82, 2.24) is 0 Å². The normalized spacial score (nSPS) is 15.0. The van der Waals surface area contributed by atoms with E-state index in [2.05, 4.69) is 16.3 Å². The van der Waals surface area contributed by atoms with Crippen LogP contribution in [0.4, 0.5) is 11.4 Å². The summed E-state index contributed by atoms with van der Waals surface area (Å²) in [5.74, 6) is 0.800. The maximum absolute atomic E-state index is 12.3. The molecule has 0 aliphatic carbocycles. The molecule has 0 unspecified atom stereocenters. The monoisotopic (exact) mass is 394 g/mol. The maximum Gasteiger partial charge on any atom is 0.279 e. The van der Waals surface area contributed by atoms with Gasteiger partial charge in [0.25, 0.3) is 5.91 Å². The van der Waals surface area contributed by atoms with Crippen LogP contribution in [0, 0.1) is 0 Å². The minimum absolute atomic E-state index is 0.0565. The molecule has 0 radical (unpaired) electrons. The van der Waals surface area contributed by atoms with Crippen molar-refractivity contribution in [1.29, 1.82) is 0 Å². The molecule has 7 heteroatoms. The molecule has 2 aromatic rings. The molecule has 2 N–H and O–H groups in total. The molecular weight excluding hydrogens is 373 g/mol. The van der Waals surface area contributed by atoms with Crippen LogP contribution in [-0.4, -0.2) is 45.7 Å². The van der Waals surface area contributed by atoms with Gasteiger partial charge in [0, 0.05) is 16.8 Å². The number of hydrogen-bond donors (Lipinski definition) is 2. The molecule has 0 saturated carbocycles. The summed E-state index contributed by atoms with van der Waals surface area (Å²) in [5.41, 5.74) is 1.71. The van der Waals surface area contributed by atoms with Gasteiger partial charge in [-0.2, -0.15) is 0 Å². The van der Waals surface area contributed by atoms with Gasteiger partial charge in [-0.05, 0) is 30.3 Å². The Morgan fingerprint density at radius 2 is 1.96 bits per heavy atom. The van der Waals surface area contributed by atoms with Gasteiger partial charge >= 0.3 is 0 Å². The van der Waals surface area contributed by atoms with Crippen molar-refractivity contribution in [3.05, 3.63) is 52.5 Å². The number of quaternary nitrogens is 1. The third-order valence-corrected chi connectivity index (χ3v) is 5.07. The van der Waals surface area contributed by atoms with Gasteiger partial charge in [-0.1, -0.05) is 29.3 Å². The Hall–Kier alpha value is -1.95. The number of ether oxygens (including phenoxy) is 1. The molecule has 26 heavy (non-hydrogen) atoms. The van der Waals surface area contributed by atoms with Crippen LogP contribution in [0.5, 0.6) is 5.75 Å². The fraction of sp³-hybridized carbons (Fsp3) is 0.316. The van der Waals surface area contributed by atoms with Crippen molar-refractivity contribution in [2.45, 2.75) is 0 Å². The molecule has 5 nitrogen and oxygen atoms in total. The maximum atomic E-state index is 12.3. The summed E-state index contributed by atoms with van der Waals surface area (Å²) in [7, 11) is 1.67. The van der Waals surface area contributed by atoms with Crippen LogP contribution in [0.2, 0.25) is 10.0 Å². The van der Waals surface area contributed by atoms with Gasteiger partial charge in [-0.3, -0.25) is 4.79 Å². The Kier molecular flexibility index (Phi) is 6.25. The summed E-state index contributed by atoms with van der Waals surface area (Å²) in [4.78, 5) is 15.9. The van der Waals surface area contributed by atoms with Crippen molar-refractivity contribution >= 4 is 40.5 Å². The Balaban J connectivity index is 1.52. The number of benzene rings is 2. The molecule has 1 heterocycles. The SMILES string of the molecule is COc1cccc(N2CC[NH+](CC(=O)Nc3cc(Cl)ccc3Cl)CC2)c1. The van der Waals surface area contributed by atoms with Crippen LogP contribution in [0.1, 0.15) is 0 Å². The number of nitrogens with one attached hydrogen (secondary N) is 2. The highest BCUT2D eigenvalue weighted by Gasteiger charge is 2.23. The van der Waals surface area contributed by atoms with E-state index >= 15 is 0 Å². The highest BCUT2D eigenvalue weighted by molar-refractivity contribution is 6.35. The predicted octanol–water partition coefficient (Wildman–Crippen LogP) is 2.35. The zero-order chi connectivity index (χ0) is 18.5. The van der Waals surface area contributed by atoms with Gasteiger partial charge in [0.05, 0.1) is 44.0 Å². The van der Waals surface area contributed by atoms with Crippen LogP contribution in [0.15, 0.2) is 42.5 Å². The molecule has 1 aliphatic heterocycles. The molecule has 1 aliphatic rings. The minimum atomic E-state index is -0.0565. The van der Waals surface area contributed by atoms with E-state index in [0.29, 0.717) is 22.3 Å². The van der Waals surface area contributed by atoms with Gasteiger partial charge in [0.1, 0.15) is 5.75 Å². The van der Waals surface area contributed by atoms with Gasteiger partial charge in [-0.25, -0.2) is 0 Å². The zero-order valence-electron chi connectivity index (χ0n) is 14.6. The number of piperazine rings is 1. The highest BCUT2D eigenvalue weighted by atomic mass is 35.5. The number of rotatable bonds is 5. The summed E-state index contributed by atoms with van der Waals surface area (Å²) >= 11 is 12.1. The fourth-order valence-corrected chi connectivity index (χ4v) is 3.42. The Bertz CT molecular complexity index is 777. The standard InChI is InChI=1S/C19H21Cl2N3O2/c1-26-16-4-2-3-15(12-16)24-9-7-23(8-10-24)13-19(25)22-18-11-14(20)5-6-17(18)21/h2-6,11-12H,7-10,13H2,1H3,(H,22,25)/p+1. The lowest BCUT2D eigenvalue weighted by Crippen LogP contribution is -3.15. The van der Waals surface area contributed by atoms with Crippen LogP contribution >= 0.6 is 23.2 Å². The molecule has 1 saturated heterocycles. The van der Waals surface area contributed by atoms with E-state index in [1.54, 1.807) is 25.3 Å². The quantitative estimate of drug-likeness (QED) is 0.817. The van der Waals surface area contributed by atoms with Gasteiger partial charge < -0.3 is 19.9 Å². The van der Waals surface area contributed by atoms with Crippen LogP contribution in [0.3, 0.4) is 0 Å². The average molecular weight is 395 g/mol. The van der Waals surface area contributed by atoms with Crippen molar-refractivity contribution in [2.24, 2.45) is 0 Å². The summed E-state index contributed by atoms with van der Waals surface area (Å²) in [6.07, 6.45) is 0. The summed E-state index contributed by atoms with van der Waals surface area (Å²) in [6.45, 7) is 4.00. The molecule has 0 atom stereocenters. The van der Waals surface area contributed by atoms with Crippen LogP contribution in [-0.2, 0) is 4.79 Å². The first-order chi connectivity index (χ1) is 12.5. The Morgan fingerprint density at radius 3 is 2.69 bits per heavy atom. The molecule has 2 aromatic carbocycles. The lowest BCUT2D eigenvalue weighted by Gasteiger charge is -2.33. The largest absolute Gasteiger partial charge is 0.497 e. The van der Waals surface area contributed by atoms with Crippen molar-refractivity contribution < 1.29 is 14.4 Å². The Morgan fingerprint density at radius 1 is 1.19 bits per heavy atom. The van der Waals surface area contributed by atoms with E-state index in [4.69, 9.17) is 27.9 Å². The second kappa shape index (κ2) is 8.62. The summed E-state index contributed by atoms with van der Waals surface area (Å²) < 4.78 is 5.29. The third-order valence-electron chi connectivity index (χ3n) is 4.50. The topological polar surface area (TPSA) is 46.0 Å². The van der Waals surface area contributed by atoms with E-state index in [-0.39, 0.29) is 5.91 Å². The smallest absolute Gasteiger partial charge is 0.279 e. The lowest BCUT2D eigenvalue weighted by molar-refractivity contribution is -0.892. The van der Waals surface area contributed by atoms with Gasteiger partial charge in [-0.15, -0.1) is 0 Å². The molecule has 0 bridgehead atoms. The first-order valence-electron chi connectivity index (χ1n) is 8.52. The van der Waals surface area contributed by atoms with Gasteiger partial charge in [0.15, 0.2) is 6.54 Å². The van der Waals surface area contributed by atoms with Crippen LogP contribution in [0.25, 0.3) is 0 Å². The molecule has 1 amide bonds. The number of carbonyl (C=O) groups excluding carboxylic acids is 1. The number of halogens is 2. The zero-order valence-corrected chi connectivity index (χ0v) is 16.1. The first kappa shape index (κ1) is 18.8. The van der Waals surface area contributed by atoms with Crippen molar-refractivity contribution in [2.75, 3.05) is 50.1 Å². The number of hydrogen-bond acceptors (Lipinski definition) is 3. The average Bonchev–Trinajstić information content (AvgIpc) is 2.65. The second-order valence-electron chi connectivity index (χ2n) is 6.29. The number of amides is 1. The van der Waals surface area contributed by atoms with E-state index in [1.807, 2.05) is 18.2 Å². The Labute approximate surface area is 163 Å². The van der Waals surface area contributed by atoms with Crippen LogP contribution < -0.4 is 19.9 Å². The fourth-order valence-electron chi connectivity index (χ4n) is 3.08. The van der Waals surface area contributed by atoms with E-state index in [9.17, 15) is 4.79 Å². The van der Waals surface area contributed by atoms with Crippen molar-refractivity contribution in [3.63, 3.8) is 0 Å². The number of carbonyl (C=O) groups is 1.